The number of fused-ring (bicyclic) bond motifs is 2. The summed E-state index contributed by atoms with van der Waals surface area (Å²) in [6.07, 6.45) is 1.58. The number of hydrogen-bond donors (Lipinski definition) is 0. The second-order valence-electron chi connectivity index (χ2n) is 9.60. The first kappa shape index (κ1) is 23.8. The molecule has 5 rings (SSSR count). The van der Waals surface area contributed by atoms with Crippen LogP contribution in [0.3, 0.4) is 0 Å². The van der Waals surface area contributed by atoms with Crippen molar-refractivity contribution in [2.24, 2.45) is 0 Å². The van der Waals surface area contributed by atoms with Gasteiger partial charge in [0, 0.05) is 34.9 Å². The van der Waals surface area contributed by atoms with E-state index in [4.69, 9.17) is 11.6 Å². The second kappa shape index (κ2) is 8.95. The van der Waals surface area contributed by atoms with Crippen LogP contribution in [-0.2, 0) is 23.3 Å². The van der Waals surface area contributed by atoms with Gasteiger partial charge in [0.05, 0.1) is 24.1 Å². The van der Waals surface area contributed by atoms with Crippen LogP contribution in [0.1, 0.15) is 25.0 Å². The summed E-state index contributed by atoms with van der Waals surface area (Å²) in [5.41, 5.74) is 3.06. The summed E-state index contributed by atoms with van der Waals surface area (Å²) < 4.78 is 2.67. The lowest BCUT2D eigenvalue weighted by molar-refractivity contribution is -0.115. The predicted molar refractivity (Wildman–Crippen MR) is 144 cm³/mol. The molecule has 0 aliphatic carbocycles. The Balaban J connectivity index is 1.58. The van der Waals surface area contributed by atoms with Gasteiger partial charge in [-0.2, -0.15) is 0 Å². The smallest absolute Gasteiger partial charge is 0.317 e. The Morgan fingerprint density at radius 1 is 0.889 bits per heavy atom. The van der Waals surface area contributed by atoms with E-state index in [1.165, 1.54) is 9.13 Å². The van der Waals surface area contributed by atoms with Crippen LogP contribution in [-0.4, -0.2) is 22.0 Å². The van der Waals surface area contributed by atoms with E-state index in [0.29, 0.717) is 16.1 Å². The van der Waals surface area contributed by atoms with Crippen LogP contribution in [0, 0.1) is 0 Å². The lowest BCUT2D eigenvalue weighted by Crippen LogP contribution is -2.42. The molecule has 1 aliphatic heterocycles. The molecule has 0 spiro atoms. The van der Waals surface area contributed by atoms with Crippen molar-refractivity contribution in [1.82, 2.24) is 9.13 Å². The van der Waals surface area contributed by atoms with Crippen LogP contribution in [0.5, 0.6) is 0 Å². The predicted octanol–water partition coefficient (Wildman–Crippen LogP) is 4.75. The Hall–Kier alpha value is -3.90. The van der Waals surface area contributed by atoms with Crippen molar-refractivity contribution >= 4 is 34.1 Å². The minimum Gasteiger partial charge on any atom is -0.347 e. The van der Waals surface area contributed by atoms with E-state index < -0.39 is 11.1 Å². The SMILES string of the molecule is CN1/C(=C\C(=O)Cn2c(=O)c(=O)n(Cc3ccccc3)c3ccc(Cl)cc32)C(C)(C)c2ccccc21. The van der Waals surface area contributed by atoms with Gasteiger partial charge in [0.25, 0.3) is 0 Å². The summed E-state index contributed by atoms with van der Waals surface area (Å²) in [5, 5.41) is 0.415. The van der Waals surface area contributed by atoms with Gasteiger partial charge < -0.3 is 4.90 Å². The molecule has 2 heterocycles. The van der Waals surface area contributed by atoms with Gasteiger partial charge in [0.2, 0.25) is 0 Å². The van der Waals surface area contributed by atoms with Crippen molar-refractivity contribution in [3.05, 3.63) is 121 Å². The zero-order chi connectivity index (χ0) is 25.6. The summed E-state index contributed by atoms with van der Waals surface area (Å²) in [6.45, 7) is 4.12. The fourth-order valence-electron chi connectivity index (χ4n) is 5.08. The summed E-state index contributed by atoms with van der Waals surface area (Å²) in [6, 6.07) is 22.5. The fraction of sp³-hybridized carbons (Fsp3) is 0.207. The van der Waals surface area contributed by atoms with E-state index in [1.807, 2.05) is 60.5 Å². The molecule has 1 aromatic heterocycles. The number of halogens is 1. The third-order valence-corrected chi connectivity index (χ3v) is 7.16. The molecule has 0 saturated carbocycles. The van der Waals surface area contributed by atoms with Gasteiger partial charge >= 0.3 is 11.1 Å². The third-order valence-electron chi connectivity index (χ3n) is 6.93. The Bertz CT molecular complexity index is 1650. The number of rotatable bonds is 5. The lowest BCUT2D eigenvalue weighted by atomic mass is 9.83. The molecule has 0 amide bonds. The Labute approximate surface area is 213 Å². The molecule has 0 saturated heterocycles. The number of ketones is 1. The molecule has 1 aliphatic rings. The van der Waals surface area contributed by atoms with Crippen LogP contribution in [0.4, 0.5) is 5.69 Å². The zero-order valence-electron chi connectivity index (χ0n) is 20.4. The highest BCUT2D eigenvalue weighted by Crippen LogP contribution is 2.46. The zero-order valence-corrected chi connectivity index (χ0v) is 21.1. The number of nitrogens with zero attached hydrogens (tertiary/aromatic N) is 3. The summed E-state index contributed by atoms with van der Waals surface area (Å²) in [7, 11) is 1.93. The maximum absolute atomic E-state index is 13.3. The number of para-hydroxylation sites is 1. The van der Waals surface area contributed by atoms with E-state index in [0.717, 1.165) is 22.5 Å². The second-order valence-corrected chi connectivity index (χ2v) is 10.0. The molecule has 0 bridgehead atoms. The first-order valence-electron chi connectivity index (χ1n) is 11.7. The van der Waals surface area contributed by atoms with Gasteiger partial charge in [-0.15, -0.1) is 0 Å². The highest BCUT2D eigenvalue weighted by atomic mass is 35.5. The summed E-state index contributed by atoms with van der Waals surface area (Å²) in [5.74, 6) is -0.277. The summed E-state index contributed by atoms with van der Waals surface area (Å²) >= 11 is 6.27. The molecule has 36 heavy (non-hydrogen) atoms. The third kappa shape index (κ3) is 3.97. The van der Waals surface area contributed by atoms with Gasteiger partial charge in [0.1, 0.15) is 0 Å². The maximum Gasteiger partial charge on any atom is 0.317 e. The monoisotopic (exact) mass is 499 g/mol. The Morgan fingerprint density at radius 2 is 1.56 bits per heavy atom. The standard InChI is InChI=1S/C29H26ClN3O3/c1-29(2)22-11-7-8-12-23(22)31(3)26(29)16-21(34)18-33-25-15-20(30)13-14-24(25)32(27(35)28(33)36)17-19-9-5-4-6-10-19/h4-16H,17-18H2,1-3H3/b26-16-. The van der Waals surface area contributed by atoms with E-state index >= 15 is 0 Å². The van der Waals surface area contributed by atoms with Gasteiger partial charge in [-0.25, -0.2) is 0 Å². The number of aromatic nitrogens is 2. The average molecular weight is 500 g/mol. The van der Waals surface area contributed by atoms with Crippen molar-refractivity contribution in [2.45, 2.75) is 32.4 Å². The number of carbonyl (C=O) groups excluding carboxylic acids is 1. The van der Waals surface area contributed by atoms with Gasteiger partial charge in [-0.1, -0.05) is 74.0 Å². The number of hydrogen-bond acceptors (Lipinski definition) is 4. The molecular formula is C29H26ClN3O3. The first-order chi connectivity index (χ1) is 17.2. The topological polar surface area (TPSA) is 64.3 Å². The van der Waals surface area contributed by atoms with Crippen molar-refractivity contribution < 1.29 is 4.79 Å². The maximum atomic E-state index is 13.3. The molecule has 0 atom stereocenters. The lowest BCUT2D eigenvalue weighted by Gasteiger charge is -2.24. The minimum atomic E-state index is -0.755. The number of likely N-dealkylation sites (N-methyl/N-ethyl adjacent to an activating group) is 1. The van der Waals surface area contributed by atoms with Crippen LogP contribution in [0.15, 0.2) is 94.2 Å². The molecular weight excluding hydrogens is 474 g/mol. The van der Waals surface area contributed by atoms with Crippen molar-refractivity contribution in [1.29, 1.82) is 0 Å². The first-order valence-corrected chi connectivity index (χ1v) is 12.1. The molecule has 7 heteroatoms. The molecule has 6 nitrogen and oxygen atoms in total. The summed E-state index contributed by atoms with van der Waals surface area (Å²) in [4.78, 5) is 41.8. The Kier molecular flexibility index (Phi) is 5.92. The highest BCUT2D eigenvalue weighted by molar-refractivity contribution is 6.31. The van der Waals surface area contributed by atoms with E-state index in [1.54, 1.807) is 24.3 Å². The van der Waals surface area contributed by atoms with Crippen molar-refractivity contribution in [3.8, 4) is 0 Å². The van der Waals surface area contributed by atoms with E-state index in [-0.39, 0.29) is 24.3 Å². The van der Waals surface area contributed by atoms with E-state index in [9.17, 15) is 14.4 Å². The fourth-order valence-corrected chi connectivity index (χ4v) is 5.25. The molecule has 182 valence electrons. The normalized spacial score (nSPS) is 15.4. The van der Waals surface area contributed by atoms with Crippen LogP contribution in [0.25, 0.3) is 11.0 Å². The van der Waals surface area contributed by atoms with Gasteiger partial charge in [-0.3, -0.25) is 23.5 Å². The number of allylic oxidation sites excluding steroid dienone is 2. The van der Waals surface area contributed by atoms with Crippen molar-refractivity contribution in [2.75, 3.05) is 11.9 Å². The van der Waals surface area contributed by atoms with Crippen LogP contribution in [0.2, 0.25) is 5.02 Å². The van der Waals surface area contributed by atoms with Crippen LogP contribution >= 0.6 is 11.6 Å². The number of carbonyl (C=O) groups is 1. The molecule has 0 fully saturated rings. The minimum absolute atomic E-state index is 0.239. The number of anilines is 1. The average Bonchev–Trinajstić information content (AvgIpc) is 3.06. The molecule has 0 N–H and O–H groups in total. The molecule has 3 aromatic carbocycles. The Morgan fingerprint density at radius 3 is 2.28 bits per heavy atom. The quantitative estimate of drug-likeness (QED) is 0.294. The largest absolute Gasteiger partial charge is 0.347 e. The van der Waals surface area contributed by atoms with Gasteiger partial charge in [-0.05, 0) is 35.4 Å². The van der Waals surface area contributed by atoms with E-state index in [2.05, 4.69) is 19.9 Å². The molecule has 4 aromatic rings. The van der Waals surface area contributed by atoms with Gasteiger partial charge in [0.15, 0.2) is 5.78 Å². The van der Waals surface area contributed by atoms with Crippen LogP contribution < -0.4 is 16.0 Å². The molecule has 0 radical (unpaired) electrons. The van der Waals surface area contributed by atoms with Crippen molar-refractivity contribution in [3.63, 3.8) is 0 Å². The highest BCUT2D eigenvalue weighted by Gasteiger charge is 2.38. The number of benzene rings is 3. The molecule has 0 unspecified atom stereocenters.